The third-order valence-corrected chi connectivity index (χ3v) is 1.93. The molecule has 0 aliphatic heterocycles. The summed E-state index contributed by atoms with van der Waals surface area (Å²) in [5.41, 5.74) is 0.738. The minimum Gasteiger partial charge on any atom is -0.508 e. The zero-order valence-corrected chi connectivity index (χ0v) is 9.11. The van der Waals surface area contributed by atoms with Crippen LogP contribution in [-0.2, 0) is 9.53 Å². The average Bonchev–Trinajstić information content (AvgIpc) is 2.35. The van der Waals surface area contributed by atoms with E-state index in [0.717, 1.165) is 5.56 Å². The number of benzene rings is 1. The van der Waals surface area contributed by atoms with Crippen LogP contribution in [0.1, 0.15) is 5.56 Å². The Kier molecular flexibility index (Phi) is 5.19. The zero-order valence-electron chi connectivity index (χ0n) is 9.11. The smallest absolute Gasteiger partial charge is 0.330 e. The lowest BCUT2D eigenvalue weighted by Crippen LogP contribution is -2.21. The van der Waals surface area contributed by atoms with Crippen LogP contribution in [0.4, 0.5) is 0 Å². The second kappa shape index (κ2) is 6.67. The molecule has 0 fully saturated rings. The number of aromatic hydroxyl groups is 1. The van der Waals surface area contributed by atoms with Gasteiger partial charge in [-0.05, 0) is 23.8 Å². The van der Waals surface area contributed by atoms with E-state index >= 15 is 0 Å². The van der Waals surface area contributed by atoms with Crippen LogP contribution in [0.5, 0.6) is 5.75 Å². The molecule has 5 heteroatoms. The summed E-state index contributed by atoms with van der Waals surface area (Å²) in [6, 6.07) is 6.28. The molecule has 0 spiro atoms. The van der Waals surface area contributed by atoms with Crippen molar-refractivity contribution in [1.82, 2.24) is 0 Å². The van der Waals surface area contributed by atoms with Crippen LogP contribution < -0.4 is 0 Å². The van der Waals surface area contributed by atoms with Gasteiger partial charge in [-0.3, -0.25) is 0 Å². The van der Waals surface area contributed by atoms with Crippen LogP contribution in [-0.4, -0.2) is 40.6 Å². The van der Waals surface area contributed by atoms with Gasteiger partial charge >= 0.3 is 5.97 Å². The largest absolute Gasteiger partial charge is 0.508 e. The van der Waals surface area contributed by atoms with Crippen LogP contribution in [0.3, 0.4) is 0 Å². The van der Waals surface area contributed by atoms with Crippen molar-refractivity contribution < 1.29 is 24.9 Å². The number of carbonyl (C=O) groups is 1. The molecule has 1 aromatic carbocycles. The fourth-order valence-corrected chi connectivity index (χ4v) is 1.03. The number of carbonyl (C=O) groups excluding carboxylic acids is 1. The maximum absolute atomic E-state index is 11.2. The number of hydrogen-bond donors (Lipinski definition) is 3. The van der Waals surface area contributed by atoms with E-state index in [-0.39, 0.29) is 12.4 Å². The molecule has 0 radical (unpaired) electrons. The van der Waals surface area contributed by atoms with E-state index < -0.39 is 18.7 Å². The highest BCUT2D eigenvalue weighted by Gasteiger charge is 2.04. The molecular weight excluding hydrogens is 224 g/mol. The third kappa shape index (κ3) is 5.14. The Labute approximate surface area is 98.6 Å². The van der Waals surface area contributed by atoms with Gasteiger partial charge in [0.05, 0.1) is 6.61 Å². The monoisotopic (exact) mass is 238 g/mol. The lowest BCUT2D eigenvalue weighted by atomic mass is 10.2. The number of esters is 1. The Hall–Kier alpha value is -1.85. The van der Waals surface area contributed by atoms with Gasteiger partial charge < -0.3 is 20.1 Å². The van der Waals surface area contributed by atoms with Gasteiger partial charge in [0.15, 0.2) is 0 Å². The lowest BCUT2D eigenvalue weighted by Gasteiger charge is -2.05. The molecule has 0 aromatic heterocycles. The molecule has 0 bridgehead atoms. The SMILES string of the molecule is O=C(/C=C/c1ccc(O)cc1)OC[C@H](O)CO. The Morgan fingerprint density at radius 1 is 1.35 bits per heavy atom. The maximum atomic E-state index is 11.2. The van der Waals surface area contributed by atoms with Crippen LogP contribution in [0.2, 0.25) is 0 Å². The van der Waals surface area contributed by atoms with E-state index in [2.05, 4.69) is 4.74 Å². The Morgan fingerprint density at radius 3 is 2.59 bits per heavy atom. The number of rotatable bonds is 5. The van der Waals surface area contributed by atoms with Gasteiger partial charge in [0.1, 0.15) is 18.5 Å². The highest BCUT2D eigenvalue weighted by Crippen LogP contribution is 2.10. The van der Waals surface area contributed by atoms with Crippen molar-refractivity contribution in [3.63, 3.8) is 0 Å². The van der Waals surface area contributed by atoms with Crippen molar-refractivity contribution in [1.29, 1.82) is 0 Å². The molecule has 0 unspecified atom stereocenters. The third-order valence-electron chi connectivity index (χ3n) is 1.93. The predicted octanol–water partition coefficient (Wildman–Crippen LogP) is 0.302. The van der Waals surface area contributed by atoms with Crippen LogP contribution >= 0.6 is 0 Å². The fraction of sp³-hybridized carbons (Fsp3) is 0.250. The summed E-state index contributed by atoms with van der Waals surface area (Å²) in [4.78, 5) is 11.2. The van der Waals surface area contributed by atoms with Crippen LogP contribution in [0.15, 0.2) is 30.3 Å². The van der Waals surface area contributed by atoms with Gasteiger partial charge in [0.25, 0.3) is 0 Å². The van der Waals surface area contributed by atoms with Crippen molar-refractivity contribution in [2.75, 3.05) is 13.2 Å². The van der Waals surface area contributed by atoms with Gasteiger partial charge in [-0.2, -0.15) is 0 Å². The first-order valence-electron chi connectivity index (χ1n) is 5.04. The number of phenols is 1. The normalized spacial score (nSPS) is 12.6. The first kappa shape index (κ1) is 13.2. The average molecular weight is 238 g/mol. The molecule has 0 saturated heterocycles. The summed E-state index contributed by atoms with van der Waals surface area (Å²) < 4.78 is 4.66. The quantitative estimate of drug-likeness (QED) is 0.507. The van der Waals surface area contributed by atoms with E-state index in [9.17, 15) is 4.79 Å². The standard InChI is InChI=1S/C12H14O5/c13-7-11(15)8-17-12(16)6-3-9-1-4-10(14)5-2-9/h1-6,11,13-15H,7-8H2/b6-3+/t11-/m1/s1. The highest BCUT2D eigenvalue weighted by atomic mass is 16.5. The summed E-state index contributed by atoms with van der Waals surface area (Å²) in [6.45, 7) is -0.690. The summed E-state index contributed by atoms with van der Waals surface area (Å²) in [7, 11) is 0. The van der Waals surface area contributed by atoms with Gasteiger partial charge in [-0.1, -0.05) is 12.1 Å². The zero-order chi connectivity index (χ0) is 12.7. The molecule has 0 heterocycles. The van der Waals surface area contributed by atoms with E-state index in [1.807, 2.05) is 0 Å². The molecule has 17 heavy (non-hydrogen) atoms. The Balaban J connectivity index is 2.42. The van der Waals surface area contributed by atoms with E-state index in [0.29, 0.717) is 0 Å². The number of ether oxygens (including phenoxy) is 1. The number of hydrogen-bond acceptors (Lipinski definition) is 5. The van der Waals surface area contributed by atoms with E-state index in [1.165, 1.54) is 24.3 Å². The van der Waals surface area contributed by atoms with Gasteiger partial charge in [-0.25, -0.2) is 4.79 Å². The summed E-state index contributed by atoms with van der Waals surface area (Å²) >= 11 is 0. The molecule has 92 valence electrons. The molecule has 0 aliphatic carbocycles. The molecule has 0 aliphatic rings. The topological polar surface area (TPSA) is 87.0 Å². The summed E-state index contributed by atoms with van der Waals surface area (Å²) in [5.74, 6) is -0.457. The first-order chi connectivity index (χ1) is 8.11. The summed E-state index contributed by atoms with van der Waals surface area (Å²) in [6.07, 6.45) is 1.67. The van der Waals surface area contributed by atoms with Crippen molar-refractivity contribution in [3.05, 3.63) is 35.9 Å². The maximum Gasteiger partial charge on any atom is 0.330 e. The molecular formula is C12H14O5. The van der Waals surface area contributed by atoms with Crippen molar-refractivity contribution in [3.8, 4) is 5.75 Å². The van der Waals surface area contributed by atoms with Crippen molar-refractivity contribution >= 4 is 12.0 Å². The second-order valence-electron chi connectivity index (χ2n) is 3.39. The molecule has 1 rings (SSSR count). The minimum atomic E-state index is -1.05. The summed E-state index contributed by atoms with van der Waals surface area (Å²) in [5, 5.41) is 26.5. The predicted molar refractivity (Wildman–Crippen MR) is 61.2 cm³/mol. The highest BCUT2D eigenvalue weighted by molar-refractivity contribution is 5.87. The first-order valence-corrected chi connectivity index (χ1v) is 5.04. The number of phenolic OH excluding ortho intramolecular Hbond substituents is 1. The van der Waals surface area contributed by atoms with Crippen LogP contribution in [0, 0.1) is 0 Å². The lowest BCUT2D eigenvalue weighted by molar-refractivity contribution is -0.141. The van der Waals surface area contributed by atoms with E-state index in [4.69, 9.17) is 15.3 Å². The fourth-order valence-electron chi connectivity index (χ4n) is 1.03. The van der Waals surface area contributed by atoms with Gasteiger partial charge in [-0.15, -0.1) is 0 Å². The van der Waals surface area contributed by atoms with Gasteiger partial charge in [0, 0.05) is 6.08 Å². The molecule has 5 nitrogen and oxygen atoms in total. The van der Waals surface area contributed by atoms with Gasteiger partial charge in [0.2, 0.25) is 0 Å². The van der Waals surface area contributed by atoms with Crippen LogP contribution in [0.25, 0.3) is 6.08 Å². The Bertz CT molecular complexity index is 382. The molecule has 0 amide bonds. The van der Waals surface area contributed by atoms with E-state index in [1.54, 1.807) is 12.1 Å². The second-order valence-corrected chi connectivity index (χ2v) is 3.39. The molecule has 0 saturated carbocycles. The molecule has 1 aromatic rings. The number of aliphatic hydroxyl groups excluding tert-OH is 2. The molecule has 3 N–H and O–H groups in total. The number of aliphatic hydroxyl groups is 2. The van der Waals surface area contributed by atoms with Crippen molar-refractivity contribution in [2.24, 2.45) is 0 Å². The minimum absolute atomic E-state index is 0.149. The molecule has 1 atom stereocenters. The Morgan fingerprint density at radius 2 is 2.00 bits per heavy atom. The van der Waals surface area contributed by atoms with Crippen molar-refractivity contribution in [2.45, 2.75) is 6.10 Å².